The summed E-state index contributed by atoms with van der Waals surface area (Å²) in [5.41, 5.74) is 5.87. The second-order valence-electron chi connectivity index (χ2n) is 6.32. The molecule has 0 radical (unpaired) electrons. The lowest BCUT2D eigenvalue weighted by atomic mass is 9.84. The standard InChI is InChI=1S/C15H20FN3O/c1-15(2)11-7-18-6-10(11)8-19(15)13-4-3-9(14(17)20)5-12(13)16/h3-5,10-11,18H,6-8H2,1-2H3,(H2,17,20). The third kappa shape index (κ3) is 1.88. The van der Waals surface area contributed by atoms with Crippen molar-refractivity contribution in [2.24, 2.45) is 17.6 Å². The Bertz CT molecular complexity index is 558. The van der Waals surface area contributed by atoms with Gasteiger partial charge in [0, 0.05) is 30.7 Å². The Hall–Kier alpha value is -1.62. The minimum atomic E-state index is -0.600. The number of anilines is 1. The van der Waals surface area contributed by atoms with E-state index in [0.29, 0.717) is 17.5 Å². The molecule has 2 fully saturated rings. The van der Waals surface area contributed by atoms with Gasteiger partial charge < -0.3 is 16.0 Å². The zero-order valence-corrected chi connectivity index (χ0v) is 11.8. The quantitative estimate of drug-likeness (QED) is 0.858. The number of primary amides is 1. The van der Waals surface area contributed by atoms with Gasteiger partial charge in [0.2, 0.25) is 5.91 Å². The fraction of sp³-hybridized carbons (Fsp3) is 0.533. The van der Waals surface area contributed by atoms with Crippen LogP contribution in [0, 0.1) is 17.7 Å². The molecule has 108 valence electrons. The van der Waals surface area contributed by atoms with Gasteiger partial charge in [-0.15, -0.1) is 0 Å². The summed E-state index contributed by atoms with van der Waals surface area (Å²) in [5, 5.41) is 3.41. The summed E-state index contributed by atoms with van der Waals surface area (Å²) in [6.45, 7) is 7.14. The molecule has 2 saturated heterocycles. The number of nitrogens with one attached hydrogen (secondary N) is 1. The number of halogens is 1. The number of nitrogens with two attached hydrogens (primary N) is 1. The van der Waals surface area contributed by atoms with Crippen LogP contribution in [0.2, 0.25) is 0 Å². The normalized spacial score (nSPS) is 27.6. The van der Waals surface area contributed by atoms with Crippen LogP contribution >= 0.6 is 0 Å². The van der Waals surface area contributed by atoms with Crippen LogP contribution in [0.3, 0.4) is 0 Å². The third-order valence-corrected chi connectivity index (χ3v) is 4.88. The number of carbonyl (C=O) groups is 1. The minimum Gasteiger partial charge on any atom is -0.366 e. The SMILES string of the molecule is CC1(C)C2CNCC2CN1c1ccc(C(N)=O)cc1F. The van der Waals surface area contributed by atoms with Crippen LogP contribution in [-0.2, 0) is 0 Å². The largest absolute Gasteiger partial charge is 0.366 e. The van der Waals surface area contributed by atoms with Crippen LogP contribution in [0.1, 0.15) is 24.2 Å². The van der Waals surface area contributed by atoms with Crippen molar-refractivity contribution in [2.45, 2.75) is 19.4 Å². The van der Waals surface area contributed by atoms with E-state index < -0.39 is 5.91 Å². The predicted octanol–water partition coefficient (Wildman–Crippen LogP) is 1.36. The molecular weight excluding hydrogens is 257 g/mol. The van der Waals surface area contributed by atoms with Gasteiger partial charge in [-0.2, -0.15) is 0 Å². The number of fused-ring (bicyclic) bond motifs is 1. The van der Waals surface area contributed by atoms with Crippen LogP contribution in [0.25, 0.3) is 0 Å². The lowest BCUT2D eigenvalue weighted by Gasteiger charge is -2.37. The monoisotopic (exact) mass is 277 g/mol. The van der Waals surface area contributed by atoms with Gasteiger partial charge in [0.25, 0.3) is 0 Å². The number of amides is 1. The van der Waals surface area contributed by atoms with Crippen LogP contribution in [-0.4, -0.2) is 31.1 Å². The van der Waals surface area contributed by atoms with Crippen molar-refractivity contribution < 1.29 is 9.18 Å². The van der Waals surface area contributed by atoms with Gasteiger partial charge >= 0.3 is 0 Å². The Morgan fingerprint density at radius 2 is 2.20 bits per heavy atom. The molecular formula is C15H20FN3O. The summed E-state index contributed by atoms with van der Waals surface area (Å²) >= 11 is 0. The van der Waals surface area contributed by atoms with Gasteiger partial charge in [-0.1, -0.05) is 0 Å². The summed E-state index contributed by atoms with van der Waals surface area (Å²) in [5.74, 6) is 0.109. The van der Waals surface area contributed by atoms with E-state index in [1.165, 1.54) is 6.07 Å². The molecule has 2 atom stereocenters. The zero-order valence-electron chi connectivity index (χ0n) is 11.8. The average molecular weight is 277 g/mol. The molecule has 4 nitrogen and oxygen atoms in total. The van der Waals surface area contributed by atoms with Crippen molar-refractivity contribution in [1.82, 2.24) is 5.32 Å². The molecule has 1 amide bonds. The number of benzene rings is 1. The Kier molecular flexibility index (Phi) is 2.97. The number of hydrogen-bond acceptors (Lipinski definition) is 3. The maximum absolute atomic E-state index is 14.3. The lowest BCUT2D eigenvalue weighted by molar-refractivity contribution is 0.1000. The van der Waals surface area contributed by atoms with E-state index >= 15 is 0 Å². The fourth-order valence-electron chi connectivity index (χ4n) is 3.71. The summed E-state index contributed by atoms with van der Waals surface area (Å²) in [7, 11) is 0. The number of hydrogen-bond donors (Lipinski definition) is 2. The minimum absolute atomic E-state index is 0.0940. The smallest absolute Gasteiger partial charge is 0.248 e. The first-order valence-electron chi connectivity index (χ1n) is 6.99. The Balaban J connectivity index is 1.95. The van der Waals surface area contributed by atoms with Gasteiger partial charge in [0.15, 0.2) is 0 Å². The van der Waals surface area contributed by atoms with Gasteiger partial charge in [-0.05, 0) is 43.9 Å². The number of rotatable bonds is 2. The molecule has 1 aromatic carbocycles. The third-order valence-electron chi connectivity index (χ3n) is 4.88. The Morgan fingerprint density at radius 1 is 1.45 bits per heavy atom. The summed E-state index contributed by atoms with van der Waals surface area (Å²) in [6, 6.07) is 4.51. The van der Waals surface area contributed by atoms with Crippen LogP contribution < -0.4 is 16.0 Å². The van der Waals surface area contributed by atoms with Crippen LogP contribution in [0.4, 0.5) is 10.1 Å². The highest BCUT2D eigenvalue weighted by atomic mass is 19.1. The molecule has 20 heavy (non-hydrogen) atoms. The molecule has 0 bridgehead atoms. The van der Waals surface area contributed by atoms with E-state index in [2.05, 4.69) is 24.1 Å². The van der Waals surface area contributed by atoms with Gasteiger partial charge in [0.05, 0.1) is 5.69 Å². The first-order chi connectivity index (χ1) is 9.41. The van der Waals surface area contributed by atoms with Crippen molar-refractivity contribution in [3.05, 3.63) is 29.6 Å². The summed E-state index contributed by atoms with van der Waals surface area (Å²) in [6.07, 6.45) is 0. The van der Waals surface area contributed by atoms with E-state index in [4.69, 9.17) is 5.73 Å². The number of carbonyl (C=O) groups excluding carboxylic acids is 1. The average Bonchev–Trinajstić information content (AvgIpc) is 2.92. The molecule has 0 saturated carbocycles. The Labute approximate surface area is 118 Å². The van der Waals surface area contributed by atoms with Crippen molar-refractivity contribution in [2.75, 3.05) is 24.5 Å². The molecule has 0 spiro atoms. The van der Waals surface area contributed by atoms with E-state index in [-0.39, 0.29) is 16.9 Å². The lowest BCUT2D eigenvalue weighted by Crippen LogP contribution is -2.45. The fourth-order valence-corrected chi connectivity index (χ4v) is 3.71. The molecule has 3 rings (SSSR count). The topological polar surface area (TPSA) is 58.4 Å². The maximum atomic E-state index is 14.3. The second-order valence-corrected chi connectivity index (χ2v) is 6.32. The van der Waals surface area contributed by atoms with Crippen molar-refractivity contribution in [3.63, 3.8) is 0 Å². The van der Waals surface area contributed by atoms with Crippen molar-refractivity contribution in [1.29, 1.82) is 0 Å². The molecule has 2 unspecified atom stereocenters. The van der Waals surface area contributed by atoms with Crippen LogP contribution in [0.5, 0.6) is 0 Å². The van der Waals surface area contributed by atoms with Crippen LogP contribution in [0.15, 0.2) is 18.2 Å². The second kappa shape index (κ2) is 4.45. The summed E-state index contributed by atoms with van der Waals surface area (Å²) < 4.78 is 14.3. The Morgan fingerprint density at radius 3 is 2.80 bits per heavy atom. The van der Waals surface area contributed by atoms with E-state index in [1.54, 1.807) is 12.1 Å². The molecule has 0 aromatic heterocycles. The van der Waals surface area contributed by atoms with E-state index in [1.807, 2.05) is 0 Å². The molecule has 3 N–H and O–H groups in total. The molecule has 2 aliphatic heterocycles. The first kappa shape index (κ1) is 13.4. The highest BCUT2D eigenvalue weighted by Gasteiger charge is 2.50. The van der Waals surface area contributed by atoms with Crippen molar-refractivity contribution in [3.8, 4) is 0 Å². The van der Waals surface area contributed by atoms with Gasteiger partial charge in [-0.3, -0.25) is 4.79 Å². The molecule has 1 aromatic rings. The number of nitrogens with zero attached hydrogens (tertiary/aromatic N) is 1. The molecule has 0 aliphatic carbocycles. The molecule has 2 aliphatic rings. The summed E-state index contributed by atoms with van der Waals surface area (Å²) in [4.78, 5) is 13.2. The van der Waals surface area contributed by atoms with E-state index in [0.717, 1.165) is 19.6 Å². The predicted molar refractivity (Wildman–Crippen MR) is 76.2 cm³/mol. The highest BCUT2D eigenvalue weighted by molar-refractivity contribution is 5.93. The molecule has 5 heteroatoms. The van der Waals surface area contributed by atoms with Gasteiger partial charge in [0.1, 0.15) is 5.82 Å². The first-order valence-corrected chi connectivity index (χ1v) is 6.99. The maximum Gasteiger partial charge on any atom is 0.248 e. The van der Waals surface area contributed by atoms with Crippen molar-refractivity contribution >= 4 is 11.6 Å². The van der Waals surface area contributed by atoms with Gasteiger partial charge in [-0.25, -0.2) is 4.39 Å². The zero-order chi connectivity index (χ0) is 14.5. The highest BCUT2D eigenvalue weighted by Crippen LogP contribution is 2.43. The molecule has 2 heterocycles. The van der Waals surface area contributed by atoms with E-state index in [9.17, 15) is 9.18 Å².